The highest BCUT2D eigenvalue weighted by atomic mass is 32.2. The summed E-state index contributed by atoms with van der Waals surface area (Å²) in [6.07, 6.45) is 2.73. The Labute approximate surface area is 101 Å². The Hall–Kier alpha value is -0.670. The van der Waals surface area contributed by atoms with Gasteiger partial charge in [-0.1, -0.05) is 12.1 Å². The molecule has 0 bridgehead atoms. The first kappa shape index (κ1) is 10.5. The Balaban J connectivity index is 1.77. The van der Waals surface area contributed by atoms with E-state index < -0.39 is 0 Å². The van der Waals surface area contributed by atoms with E-state index in [1.165, 1.54) is 35.5 Å². The van der Waals surface area contributed by atoms with Crippen molar-refractivity contribution < 1.29 is 0 Å². The predicted molar refractivity (Wildman–Crippen MR) is 70.4 cm³/mol. The zero-order valence-corrected chi connectivity index (χ0v) is 10.3. The third-order valence-corrected chi connectivity index (χ3v) is 4.89. The number of benzene rings is 1. The molecule has 0 aliphatic carbocycles. The molecule has 3 heteroatoms. The minimum atomic E-state index is 0.769. The number of rotatable bonds is 1. The first-order valence-electron chi connectivity index (χ1n) is 6.02. The van der Waals surface area contributed by atoms with Gasteiger partial charge in [0.25, 0.3) is 0 Å². The van der Waals surface area contributed by atoms with Crippen LogP contribution in [0.2, 0.25) is 0 Å². The van der Waals surface area contributed by atoms with Crippen LogP contribution in [-0.4, -0.2) is 22.4 Å². The lowest BCUT2D eigenvalue weighted by molar-refractivity contribution is 0.203. The standard InChI is InChI=1S/C13H18N2S/c14-13-5-1-3-10-7-15(8-12(10)13)11-4-2-6-16-9-11/h1,3,5,11H,2,4,6-9,14H2. The Bertz CT molecular complexity index is 386. The van der Waals surface area contributed by atoms with E-state index in [0.717, 1.165) is 24.8 Å². The summed E-state index contributed by atoms with van der Waals surface area (Å²) in [5, 5.41) is 0. The zero-order chi connectivity index (χ0) is 11.0. The first-order chi connectivity index (χ1) is 7.84. The minimum Gasteiger partial charge on any atom is -0.398 e. The van der Waals surface area contributed by atoms with Gasteiger partial charge < -0.3 is 5.73 Å². The van der Waals surface area contributed by atoms with E-state index in [1.54, 1.807) is 0 Å². The van der Waals surface area contributed by atoms with Crippen molar-refractivity contribution in [3.63, 3.8) is 0 Å². The molecule has 1 aromatic rings. The molecule has 1 aromatic carbocycles. The van der Waals surface area contributed by atoms with Crippen LogP contribution in [0.3, 0.4) is 0 Å². The van der Waals surface area contributed by atoms with Gasteiger partial charge in [-0.3, -0.25) is 4.90 Å². The van der Waals surface area contributed by atoms with E-state index in [1.807, 2.05) is 6.07 Å². The average Bonchev–Trinajstić information content (AvgIpc) is 2.76. The van der Waals surface area contributed by atoms with Crippen LogP contribution in [0.25, 0.3) is 0 Å². The van der Waals surface area contributed by atoms with Gasteiger partial charge in [-0.25, -0.2) is 0 Å². The van der Waals surface area contributed by atoms with Gasteiger partial charge in [0, 0.05) is 30.6 Å². The van der Waals surface area contributed by atoms with Crippen LogP contribution in [0.15, 0.2) is 18.2 Å². The molecule has 16 heavy (non-hydrogen) atoms. The summed E-state index contributed by atoms with van der Waals surface area (Å²) in [5.74, 6) is 2.65. The SMILES string of the molecule is Nc1cccc2c1CN(C1CCCSC1)C2. The fourth-order valence-corrected chi connectivity index (χ4v) is 3.93. The van der Waals surface area contributed by atoms with Crippen LogP contribution in [0.1, 0.15) is 24.0 Å². The van der Waals surface area contributed by atoms with Crippen molar-refractivity contribution >= 4 is 17.4 Å². The molecule has 2 aliphatic heterocycles. The van der Waals surface area contributed by atoms with Crippen LogP contribution in [0.4, 0.5) is 5.69 Å². The summed E-state index contributed by atoms with van der Waals surface area (Å²) in [4.78, 5) is 2.60. The monoisotopic (exact) mass is 234 g/mol. The number of fused-ring (bicyclic) bond motifs is 1. The van der Waals surface area contributed by atoms with Crippen molar-refractivity contribution in [3.8, 4) is 0 Å². The van der Waals surface area contributed by atoms with E-state index in [-0.39, 0.29) is 0 Å². The molecular formula is C13H18N2S. The molecule has 86 valence electrons. The number of nitrogen functional groups attached to an aromatic ring is 1. The summed E-state index contributed by atoms with van der Waals surface area (Å²) < 4.78 is 0. The number of nitrogens with zero attached hydrogens (tertiary/aromatic N) is 1. The van der Waals surface area contributed by atoms with Crippen molar-refractivity contribution in [3.05, 3.63) is 29.3 Å². The smallest absolute Gasteiger partial charge is 0.0363 e. The molecule has 2 nitrogen and oxygen atoms in total. The quantitative estimate of drug-likeness (QED) is 0.757. The van der Waals surface area contributed by atoms with Crippen molar-refractivity contribution in [1.29, 1.82) is 0 Å². The van der Waals surface area contributed by atoms with Gasteiger partial charge >= 0.3 is 0 Å². The largest absolute Gasteiger partial charge is 0.398 e. The lowest BCUT2D eigenvalue weighted by Gasteiger charge is -2.30. The number of anilines is 1. The second kappa shape index (κ2) is 4.30. The fraction of sp³-hybridized carbons (Fsp3) is 0.538. The van der Waals surface area contributed by atoms with Crippen LogP contribution >= 0.6 is 11.8 Å². The summed E-state index contributed by atoms with van der Waals surface area (Å²) >= 11 is 2.10. The minimum absolute atomic E-state index is 0.769. The Morgan fingerprint density at radius 1 is 1.31 bits per heavy atom. The maximum atomic E-state index is 6.03. The third-order valence-electron chi connectivity index (χ3n) is 3.70. The van der Waals surface area contributed by atoms with Crippen LogP contribution in [-0.2, 0) is 13.1 Å². The molecule has 2 heterocycles. The highest BCUT2D eigenvalue weighted by molar-refractivity contribution is 7.99. The molecule has 3 rings (SSSR count). The Kier molecular flexibility index (Phi) is 2.82. The second-order valence-corrected chi connectivity index (χ2v) is 5.91. The lowest BCUT2D eigenvalue weighted by Crippen LogP contribution is -2.34. The lowest BCUT2D eigenvalue weighted by atomic mass is 10.1. The molecule has 0 radical (unpaired) electrons. The molecule has 0 aromatic heterocycles. The molecule has 2 N–H and O–H groups in total. The van der Waals surface area contributed by atoms with E-state index in [4.69, 9.17) is 5.73 Å². The first-order valence-corrected chi connectivity index (χ1v) is 7.18. The topological polar surface area (TPSA) is 29.3 Å². The van der Waals surface area contributed by atoms with E-state index in [9.17, 15) is 0 Å². The maximum absolute atomic E-state index is 6.03. The number of thioether (sulfide) groups is 1. The van der Waals surface area contributed by atoms with Gasteiger partial charge in [-0.05, 0) is 35.8 Å². The molecule has 2 aliphatic rings. The molecule has 1 atom stereocenters. The normalized spacial score (nSPS) is 25.6. The van der Waals surface area contributed by atoms with Gasteiger partial charge in [0.1, 0.15) is 0 Å². The predicted octanol–water partition coefficient (Wildman–Crippen LogP) is 2.48. The van der Waals surface area contributed by atoms with Crippen LogP contribution in [0.5, 0.6) is 0 Å². The van der Waals surface area contributed by atoms with Gasteiger partial charge in [-0.15, -0.1) is 0 Å². The van der Waals surface area contributed by atoms with E-state index in [0.29, 0.717) is 0 Å². The number of hydrogen-bond donors (Lipinski definition) is 1. The van der Waals surface area contributed by atoms with Crippen LogP contribution in [0, 0.1) is 0 Å². The zero-order valence-electron chi connectivity index (χ0n) is 9.48. The third kappa shape index (κ3) is 1.82. The molecule has 0 amide bonds. The van der Waals surface area contributed by atoms with E-state index >= 15 is 0 Å². The Morgan fingerprint density at radius 3 is 3.00 bits per heavy atom. The van der Waals surface area contributed by atoms with Crippen molar-refractivity contribution in [1.82, 2.24) is 4.90 Å². The van der Waals surface area contributed by atoms with Gasteiger partial charge in [0.15, 0.2) is 0 Å². The number of nitrogens with two attached hydrogens (primary N) is 1. The van der Waals surface area contributed by atoms with Crippen molar-refractivity contribution in [2.24, 2.45) is 0 Å². The molecule has 1 unspecified atom stereocenters. The average molecular weight is 234 g/mol. The Morgan fingerprint density at radius 2 is 2.25 bits per heavy atom. The van der Waals surface area contributed by atoms with E-state index in [2.05, 4.69) is 28.8 Å². The van der Waals surface area contributed by atoms with Crippen molar-refractivity contribution in [2.75, 3.05) is 17.2 Å². The fourth-order valence-electron chi connectivity index (χ4n) is 2.74. The van der Waals surface area contributed by atoms with Crippen LogP contribution < -0.4 is 5.73 Å². The summed E-state index contributed by atoms with van der Waals surface area (Å²) in [6.45, 7) is 2.17. The summed E-state index contributed by atoms with van der Waals surface area (Å²) in [6, 6.07) is 7.10. The van der Waals surface area contributed by atoms with Crippen molar-refractivity contribution in [2.45, 2.75) is 32.0 Å². The highest BCUT2D eigenvalue weighted by Crippen LogP contribution is 2.32. The summed E-state index contributed by atoms with van der Waals surface area (Å²) in [5.41, 5.74) is 9.82. The molecule has 0 saturated carbocycles. The maximum Gasteiger partial charge on any atom is 0.0363 e. The molecule has 1 saturated heterocycles. The molecule has 0 spiro atoms. The highest BCUT2D eigenvalue weighted by Gasteiger charge is 2.27. The number of hydrogen-bond acceptors (Lipinski definition) is 3. The van der Waals surface area contributed by atoms with Gasteiger partial charge in [0.2, 0.25) is 0 Å². The second-order valence-electron chi connectivity index (χ2n) is 4.76. The summed E-state index contributed by atoms with van der Waals surface area (Å²) in [7, 11) is 0. The van der Waals surface area contributed by atoms with Gasteiger partial charge in [0.05, 0.1) is 0 Å². The molecular weight excluding hydrogens is 216 g/mol. The molecule has 1 fully saturated rings. The van der Waals surface area contributed by atoms with Gasteiger partial charge in [-0.2, -0.15) is 11.8 Å².